The Bertz CT molecular complexity index is 1040. The highest BCUT2D eigenvalue weighted by molar-refractivity contribution is 6.08. The van der Waals surface area contributed by atoms with Gasteiger partial charge in [0.2, 0.25) is 0 Å². The first-order valence-electron chi connectivity index (χ1n) is 8.79. The summed E-state index contributed by atoms with van der Waals surface area (Å²) in [5.74, 6) is -0.584. The van der Waals surface area contributed by atoms with E-state index in [-0.39, 0.29) is 29.2 Å². The fourth-order valence-electron chi connectivity index (χ4n) is 3.34. The van der Waals surface area contributed by atoms with Crippen LogP contribution >= 0.6 is 0 Å². The first kappa shape index (κ1) is 18.9. The van der Waals surface area contributed by atoms with Crippen molar-refractivity contribution in [1.29, 1.82) is 0 Å². The quantitative estimate of drug-likeness (QED) is 0.561. The molecule has 0 radical (unpaired) electrons. The zero-order valence-electron chi connectivity index (χ0n) is 15.2. The molecular weight excluding hydrogens is 389 g/mol. The van der Waals surface area contributed by atoms with Crippen LogP contribution in [0, 0.1) is 6.92 Å². The van der Waals surface area contributed by atoms with Gasteiger partial charge in [-0.1, -0.05) is 6.07 Å². The van der Waals surface area contributed by atoms with E-state index in [2.05, 4.69) is 15.7 Å². The minimum Gasteiger partial charge on any atom is -0.506 e. The number of nitrogens with one attached hydrogen (secondary N) is 2. The lowest BCUT2D eigenvalue weighted by Gasteiger charge is -2.32. The highest BCUT2D eigenvalue weighted by Gasteiger charge is 2.47. The van der Waals surface area contributed by atoms with Crippen LogP contribution in [-0.4, -0.2) is 27.0 Å². The minimum atomic E-state index is -4.56. The smallest absolute Gasteiger partial charge is 0.410 e. The summed E-state index contributed by atoms with van der Waals surface area (Å²) in [7, 11) is 0. The third kappa shape index (κ3) is 3.53. The molecule has 0 saturated heterocycles. The lowest BCUT2D eigenvalue weighted by Crippen LogP contribution is -2.36. The maximum atomic E-state index is 13.6. The molecule has 7 nitrogen and oxygen atoms in total. The molecule has 2 aromatic heterocycles. The zero-order valence-corrected chi connectivity index (χ0v) is 15.2. The van der Waals surface area contributed by atoms with Crippen molar-refractivity contribution >= 4 is 17.4 Å². The van der Waals surface area contributed by atoms with E-state index < -0.39 is 24.2 Å². The number of carbonyl (C=O) groups excluding carboxylic acids is 1. The van der Waals surface area contributed by atoms with E-state index in [0.717, 1.165) is 16.4 Å². The number of halogens is 3. The zero-order chi connectivity index (χ0) is 20.8. The largest absolute Gasteiger partial charge is 0.506 e. The van der Waals surface area contributed by atoms with Crippen LogP contribution in [0.4, 0.5) is 24.7 Å². The number of amides is 1. The summed E-state index contributed by atoms with van der Waals surface area (Å²) in [6, 6.07) is 5.10. The molecule has 152 valence electrons. The molecule has 0 spiro atoms. The molecule has 10 heteroatoms. The van der Waals surface area contributed by atoms with Gasteiger partial charge in [-0.15, -0.1) is 0 Å². The maximum Gasteiger partial charge on any atom is 0.410 e. The number of alkyl halides is 3. The lowest BCUT2D eigenvalue weighted by atomic mass is 10.0. The van der Waals surface area contributed by atoms with Gasteiger partial charge in [-0.3, -0.25) is 4.79 Å². The van der Waals surface area contributed by atoms with Gasteiger partial charge in [0.25, 0.3) is 5.91 Å². The molecule has 1 amide bonds. The van der Waals surface area contributed by atoms with Crippen molar-refractivity contribution in [3.63, 3.8) is 0 Å². The Morgan fingerprint density at radius 2 is 2.17 bits per heavy atom. The number of hydrogen-bond acceptors (Lipinski definition) is 5. The molecule has 3 heterocycles. The highest BCUT2D eigenvalue weighted by Crippen LogP contribution is 2.44. The molecule has 29 heavy (non-hydrogen) atoms. The van der Waals surface area contributed by atoms with E-state index in [0.29, 0.717) is 5.76 Å². The summed E-state index contributed by atoms with van der Waals surface area (Å²) >= 11 is 0. The molecule has 3 N–H and O–H groups in total. The Balaban J connectivity index is 1.70. The number of furan rings is 1. The van der Waals surface area contributed by atoms with Gasteiger partial charge in [-0.25, -0.2) is 4.68 Å². The van der Waals surface area contributed by atoms with Crippen LogP contribution in [0.2, 0.25) is 0 Å². The van der Waals surface area contributed by atoms with Crippen LogP contribution in [-0.2, 0) is 0 Å². The second-order valence-electron chi connectivity index (χ2n) is 6.83. The Kier molecular flexibility index (Phi) is 4.48. The van der Waals surface area contributed by atoms with Crippen molar-refractivity contribution in [3.8, 4) is 5.75 Å². The number of rotatable bonds is 3. The van der Waals surface area contributed by atoms with Crippen molar-refractivity contribution in [1.82, 2.24) is 9.78 Å². The Morgan fingerprint density at radius 3 is 2.86 bits per heavy atom. The minimum absolute atomic E-state index is 0.0652. The summed E-state index contributed by atoms with van der Waals surface area (Å²) < 4.78 is 46.9. The number of carbonyl (C=O) groups is 1. The lowest BCUT2D eigenvalue weighted by molar-refractivity contribution is -0.174. The number of phenolic OH excluding ortho intramolecular Hbond substituents is 1. The Morgan fingerprint density at radius 1 is 1.38 bits per heavy atom. The summed E-state index contributed by atoms with van der Waals surface area (Å²) in [5.41, 5.74) is 0.875. The predicted octanol–water partition coefficient (Wildman–Crippen LogP) is 4.40. The topological polar surface area (TPSA) is 92.3 Å². The third-order valence-corrected chi connectivity index (χ3v) is 4.77. The number of nitrogens with zero attached hydrogens (tertiary/aromatic N) is 2. The average molecular weight is 406 g/mol. The van der Waals surface area contributed by atoms with Crippen molar-refractivity contribution in [2.75, 3.05) is 10.6 Å². The number of aryl methyl sites for hydroxylation is 1. The molecule has 0 saturated carbocycles. The highest BCUT2D eigenvalue weighted by atomic mass is 19.4. The van der Waals surface area contributed by atoms with E-state index in [1.54, 1.807) is 31.2 Å². The van der Waals surface area contributed by atoms with Gasteiger partial charge in [-0.05, 0) is 36.8 Å². The molecule has 1 aliphatic rings. The average Bonchev–Trinajstić information content (AvgIpc) is 3.32. The Hall–Kier alpha value is -3.43. The van der Waals surface area contributed by atoms with Gasteiger partial charge < -0.3 is 20.2 Å². The molecule has 3 aromatic rings. The summed E-state index contributed by atoms with van der Waals surface area (Å²) in [6.07, 6.45) is -2.44. The standard InChI is InChI=1S/C19H17F3N4O3/c1-10-4-5-14(27)12(7-10)25-18(28)11-9-23-26-16(19(20,21)22)8-13(24-17(11)26)15-3-2-6-29-15/h2-7,9,13,16,24,27H,8H2,1H3,(H,25,28)/t13-,16-/m0/s1. The monoisotopic (exact) mass is 406 g/mol. The van der Waals surface area contributed by atoms with E-state index in [9.17, 15) is 23.1 Å². The van der Waals surface area contributed by atoms with Crippen molar-refractivity contribution < 1.29 is 27.5 Å². The second-order valence-corrected chi connectivity index (χ2v) is 6.83. The van der Waals surface area contributed by atoms with Crippen LogP contribution in [0.15, 0.2) is 47.2 Å². The van der Waals surface area contributed by atoms with Gasteiger partial charge in [0.05, 0.1) is 24.2 Å². The van der Waals surface area contributed by atoms with Gasteiger partial charge in [0.1, 0.15) is 22.9 Å². The van der Waals surface area contributed by atoms with Crippen LogP contribution in [0.5, 0.6) is 5.75 Å². The number of benzene rings is 1. The number of aromatic hydroxyl groups is 1. The van der Waals surface area contributed by atoms with Gasteiger partial charge in [0.15, 0.2) is 6.04 Å². The number of anilines is 2. The molecule has 2 atom stereocenters. The van der Waals surface area contributed by atoms with Crippen LogP contribution < -0.4 is 10.6 Å². The number of fused-ring (bicyclic) bond motifs is 1. The molecule has 0 bridgehead atoms. The van der Waals surface area contributed by atoms with E-state index in [1.807, 2.05) is 0 Å². The number of hydrogen-bond donors (Lipinski definition) is 3. The molecule has 0 unspecified atom stereocenters. The molecular formula is C19H17F3N4O3. The summed E-state index contributed by atoms with van der Waals surface area (Å²) in [4.78, 5) is 12.7. The SMILES string of the molecule is Cc1ccc(O)c(NC(=O)c2cnn3c2N[C@H](c2ccco2)C[C@H]3C(F)(F)F)c1. The first-order chi connectivity index (χ1) is 13.7. The fourth-order valence-corrected chi connectivity index (χ4v) is 3.34. The fraction of sp³-hybridized carbons (Fsp3) is 0.263. The van der Waals surface area contributed by atoms with Crippen LogP contribution in [0.1, 0.15) is 40.2 Å². The van der Waals surface area contributed by atoms with Crippen molar-refractivity contribution in [3.05, 3.63) is 59.7 Å². The molecule has 0 aliphatic carbocycles. The number of aromatic nitrogens is 2. The van der Waals surface area contributed by atoms with E-state index in [1.165, 1.54) is 12.3 Å². The Labute approximate surface area is 163 Å². The van der Waals surface area contributed by atoms with Gasteiger partial charge in [0, 0.05) is 6.42 Å². The summed E-state index contributed by atoms with van der Waals surface area (Å²) in [6.45, 7) is 1.78. The molecule has 4 rings (SSSR count). The first-order valence-corrected chi connectivity index (χ1v) is 8.79. The van der Waals surface area contributed by atoms with Crippen LogP contribution in [0.3, 0.4) is 0 Å². The second kappa shape index (κ2) is 6.87. The van der Waals surface area contributed by atoms with Crippen molar-refractivity contribution in [2.24, 2.45) is 0 Å². The van der Waals surface area contributed by atoms with Crippen LogP contribution in [0.25, 0.3) is 0 Å². The normalized spacial score (nSPS) is 18.8. The molecule has 1 aliphatic heterocycles. The summed E-state index contributed by atoms with van der Waals surface area (Å²) in [5, 5.41) is 19.2. The van der Waals surface area contributed by atoms with E-state index in [4.69, 9.17) is 4.42 Å². The number of phenols is 1. The predicted molar refractivity (Wildman–Crippen MR) is 97.8 cm³/mol. The van der Waals surface area contributed by atoms with Gasteiger partial charge >= 0.3 is 6.18 Å². The third-order valence-electron chi connectivity index (χ3n) is 4.77. The van der Waals surface area contributed by atoms with Gasteiger partial charge in [-0.2, -0.15) is 18.3 Å². The van der Waals surface area contributed by atoms with Crippen molar-refractivity contribution in [2.45, 2.75) is 31.6 Å². The van der Waals surface area contributed by atoms with E-state index >= 15 is 0 Å². The molecule has 1 aromatic carbocycles. The molecule has 0 fully saturated rings. The maximum absolute atomic E-state index is 13.6.